The number of carbonyl (C=O) groups is 2. The maximum Gasteiger partial charge on any atom is 0.249 e. The van der Waals surface area contributed by atoms with E-state index >= 15 is 0 Å². The Hall–Kier alpha value is -2.93. The van der Waals surface area contributed by atoms with Crippen LogP contribution >= 0.6 is 15.9 Å². The number of anilines is 2. The van der Waals surface area contributed by atoms with E-state index in [1.807, 2.05) is 42.5 Å². The van der Waals surface area contributed by atoms with Crippen molar-refractivity contribution in [2.24, 2.45) is 0 Å². The average molecular weight is 411 g/mol. The van der Waals surface area contributed by atoms with E-state index in [0.717, 1.165) is 15.6 Å². The Morgan fingerprint density at radius 3 is 2.62 bits per heavy atom. The Morgan fingerprint density at radius 1 is 1.15 bits per heavy atom. The Labute approximate surface area is 158 Å². The molecule has 0 aliphatic carbocycles. The van der Waals surface area contributed by atoms with Gasteiger partial charge in [0.05, 0.1) is 12.6 Å². The Balaban J connectivity index is 1.65. The molecule has 2 aromatic carbocycles. The maximum atomic E-state index is 12.7. The number of rotatable bonds is 3. The first kappa shape index (κ1) is 16.5. The molecule has 2 heterocycles. The van der Waals surface area contributed by atoms with Crippen molar-refractivity contribution >= 4 is 39.2 Å². The molecule has 1 aromatic heterocycles. The molecule has 0 bridgehead atoms. The van der Waals surface area contributed by atoms with E-state index in [9.17, 15) is 9.59 Å². The van der Waals surface area contributed by atoms with E-state index in [1.165, 1.54) is 0 Å². The maximum absolute atomic E-state index is 12.7. The molecule has 0 fully saturated rings. The first-order valence-corrected chi connectivity index (χ1v) is 8.90. The number of aromatic nitrogens is 2. The number of hydrogen-bond acceptors (Lipinski definition) is 3. The monoisotopic (exact) mass is 410 g/mol. The van der Waals surface area contributed by atoms with Crippen molar-refractivity contribution < 1.29 is 9.59 Å². The standard InChI is InChI=1S/C19H15BrN4O2/c20-13-6-8-14(9-7-13)22-19(26)16-10-17(25)23-18-15(11-21-24(16)18)12-4-2-1-3-5-12/h1-9,11,16H,10H2,(H,22,26)(H,23,25)/t16-/m0/s1. The van der Waals surface area contributed by atoms with Crippen molar-refractivity contribution in [1.29, 1.82) is 0 Å². The number of hydrogen-bond donors (Lipinski definition) is 2. The molecule has 3 aromatic rings. The van der Waals surface area contributed by atoms with Gasteiger partial charge in [-0.25, -0.2) is 4.68 Å². The lowest BCUT2D eigenvalue weighted by Crippen LogP contribution is -2.35. The smallest absolute Gasteiger partial charge is 0.249 e. The molecule has 0 saturated carbocycles. The second-order valence-electron chi connectivity index (χ2n) is 5.98. The third-order valence-electron chi connectivity index (χ3n) is 4.23. The molecule has 0 unspecified atom stereocenters. The molecule has 0 spiro atoms. The minimum Gasteiger partial charge on any atom is -0.324 e. The van der Waals surface area contributed by atoms with Crippen LogP contribution in [0.25, 0.3) is 11.1 Å². The summed E-state index contributed by atoms with van der Waals surface area (Å²) < 4.78 is 2.51. The van der Waals surface area contributed by atoms with Gasteiger partial charge in [-0.15, -0.1) is 0 Å². The van der Waals surface area contributed by atoms with Gasteiger partial charge in [-0.3, -0.25) is 9.59 Å². The zero-order chi connectivity index (χ0) is 18.1. The molecule has 0 radical (unpaired) electrons. The number of benzene rings is 2. The second-order valence-corrected chi connectivity index (χ2v) is 6.90. The van der Waals surface area contributed by atoms with Gasteiger partial charge < -0.3 is 10.6 Å². The van der Waals surface area contributed by atoms with Crippen LogP contribution in [0.2, 0.25) is 0 Å². The van der Waals surface area contributed by atoms with Gasteiger partial charge in [0.15, 0.2) is 0 Å². The van der Waals surface area contributed by atoms with Crippen LogP contribution in [-0.4, -0.2) is 21.6 Å². The van der Waals surface area contributed by atoms with E-state index in [4.69, 9.17) is 0 Å². The number of fused-ring (bicyclic) bond motifs is 1. The van der Waals surface area contributed by atoms with Crippen molar-refractivity contribution in [3.63, 3.8) is 0 Å². The largest absolute Gasteiger partial charge is 0.324 e. The Kier molecular flexibility index (Phi) is 4.30. The van der Waals surface area contributed by atoms with E-state index in [2.05, 4.69) is 31.7 Å². The predicted octanol–water partition coefficient (Wildman–Crippen LogP) is 3.83. The van der Waals surface area contributed by atoms with Crippen LogP contribution < -0.4 is 10.6 Å². The van der Waals surface area contributed by atoms with E-state index < -0.39 is 6.04 Å². The summed E-state index contributed by atoms with van der Waals surface area (Å²) in [5.41, 5.74) is 2.39. The minimum atomic E-state index is -0.695. The van der Waals surface area contributed by atoms with E-state index in [-0.39, 0.29) is 18.2 Å². The zero-order valence-electron chi connectivity index (χ0n) is 13.6. The van der Waals surface area contributed by atoms with Crippen LogP contribution in [0, 0.1) is 0 Å². The lowest BCUT2D eigenvalue weighted by atomic mass is 10.1. The van der Waals surface area contributed by atoms with Gasteiger partial charge in [-0.05, 0) is 29.8 Å². The molecule has 130 valence electrons. The molecule has 1 aliphatic rings. The Morgan fingerprint density at radius 2 is 1.88 bits per heavy atom. The second kappa shape index (κ2) is 6.76. The van der Waals surface area contributed by atoms with Crippen LogP contribution in [0.1, 0.15) is 12.5 Å². The fourth-order valence-corrected chi connectivity index (χ4v) is 3.22. The minimum absolute atomic E-state index is 0.0469. The van der Waals surface area contributed by atoms with Crippen molar-refractivity contribution in [2.75, 3.05) is 10.6 Å². The molecule has 2 N–H and O–H groups in total. The lowest BCUT2D eigenvalue weighted by molar-refractivity contribution is -0.125. The molecule has 2 amide bonds. The highest BCUT2D eigenvalue weighted by Crippen LogP contribution is 2.34. The summed E-state index contributed by atoms with van der Waals surface area (Å²) in [7, 11) is 0. The fourth-order valence-electron chi connectivity index (χ4n) is 2.96. The molecule has 1 aliphatic heterocycles. The van der Waals surface area contributed by atoms with Gasteiger partial charge in [0.2, 0.25) is 11.8 Å². The molecule has 7 heteroatoms. The zero-order valence-corrected chi connectivity index (χ0v) is 15.2. The van der Waals surface area contributed by atoms with Gasteiger partial charge in [0, 0.05) is 15.7 Å². The van der Waals surface area contributed by atoms with Gasteiger partial charge in [-0.2, -0.15) is 5.10 Å². The highest BCUT2D eigenvalue weighted by molar-refractivity contribution is 9.10. The van der Waals surface area contributed by atoms with E-state index in [1.54, 1.807) is 23.0 Å². The highest BCUT2D eigenvalue weighted by Gasteiger charge is 2.33. The van der Waals surface area contributed by atoms with Crippen LogP contribution in [0.5, 0.6) is 0 Å². The predicted molar refractivity (Wildman–Crippen MR) is 103 cm³/mol. The van der Waals surface area contributed by atoms with Crippen LogP contribution in [0.4, 0.5) is 11.5 Å². The molecule has 1 atom stereocenters. The third-order valence-corrected chi connectivity index (χ3v) is 4.76. The first-order valence-electron chi connectivity index (χ1n) is 8.11. The Bertz CT molecular complexity index is 967. The summed E-state index contributed by atoms with van der Waals surface area (Å²) >= 11 is 3.36. The average Bonchev–Trinajstić information content (AvgIpc) is 3.07. The number of amides is 2. The van der Waals surface area contributed by atoms with Gasteiger partial charge in [0.1, 0.15) is 11.9 Å². The van der Waals surface area contributed by atoms with Crippen molar-refractivity contribution in [3.8, 4) is 11.1 Å². The van der Waals surface area contributed by atoms with E-state index in [0.29, 0.717) is 11.5 Å². The highest BCUT2D eigenvalue weighted by atomic mass is 79.9. The van der Waals surface area contributed by atoms with Crippen molar-refractivity contribution in [1.82, 2.24) is 9.78 Å². The number of carbonyl (C=O) groups excluding carboxylic acids is 2. The van der Waals surface area contributed by atoms with Crippen LogP contribution in [-0.2, 0) is 9.59 Å². The summed E-state index contributed by atoms with van der Waals surface area (Å²) in [5, 5.41) is 10.0. The number of nitrogens with zero attached hydrogens (tertiary/aromatic N) is 2. The summed E-state index contributed by atoms with van der Waals surface area (Å²) in [6, 6.07) is 16.2. The first-order chi connectivity index (χ1) is 12.6. The summed E-state index contributed by atoms with van der Waals surface area (Å²) in [4.78, 5) is 24.9. The molecule has 6 nitrogen and oxygen atoms in total. The van der Waals surface area contributed by atoms with Gasteiger partial charge >= 0.3 is 0 Å². The van der Waals surface area contributed by atoms with Gasteiger partial charge in [-0.1, -0.05) is 46.3 Å². The van der Waals surface area contributed by atoms with Crippen molar-refractivity contribution in [2.45, 2.75) is 12.5 Å². The van der Waals surface area contributed by atoms with Gasteiger partial charge in [0.25, 0.3) is 0 Å². The topological polar surface area (TPSA) is 76.0 Å². The van der Waals surface area contributed by atoms with Crippen molar-refractivity contribution in [3.05, 3.63) is 65.3 Å². The quantitative estimate of drug-likeness (QED) is 0.688. The summed E-state index contributed by atoms with van der Waals surface area (Å²) in [6.07, 6.45) is 1.72. The molecule has 26 heavy (non-hydrogen) atoms. The summed E-state index contributed by atoms with van der Waals surface area (Å²) in [6.45, 7) is 0. The third kappa shape index (κ3) is 3.13. The van der Waals surface area contributed by atoms with Crippen LogP contribution in [0.15, 0.2) is 65.3 Å². The molecular weight excluding hydrogens is 396 g/mol. The lowest BCUT2D eigenvalue weighted by Gasteiger charge is -2.24. The number of nitrogens with one attached hydrogen (secondary N) is 2. The SMILES string of the molecule is O=C1C[C@@H](C(=O)Nc2ccc(Br)cc2)n2ncc(-c3ccccc3)c2N1. The molecular formula is C19H15BrN4O2. The molecule has 4 rings (SSSR count). The normalized spacial score (nSPS) is 15.9. The molecule has 0 saturated heterocycles. The fraction of sp³-hybridized carbons (Fsp3) is 0.105. The summed E-state index contributed by atoms with van der Waals surface area (Å²) in [5.74, 6) is 0.0701. The van der Waals surface area contributed by atoms with Crippen LogP contribution in [0.3, 0.4) is 0 Å². The number of halogens is 1.